The summed E-state index contributed by atoms with van der Waals surface area (Å²) in [6.45, 7) is 3.62. The summed E-state index contributed by atoms with van der Waals surface area (Å²) in [5.74, 6) is -1.05. The molecule has 6 heteroatoms. The molecule has 2 rings (SSSR count). The number of hydrogen-bond acceptors (Lipinski definition) is 3. The average molecular weight is 283 g/mol. The highest BCUT2D eigenvalue weighted by Gasteiger charge is 2.32. The molecule has 0 aromatic heterocycles. The minimum absolute atomic E-state index is 0.124. The Hall–Kier alpha value is -1.53. The minimum atomic E-state index is -0.472. The molecular weight excluding hydrogens is 264 g/mol. The number of piperazine rings is 1. The first-order valence-electron chi connectivity index (χ1n) is 6.67. The third kappa shape index (κ3) is 2.96. The van der Waals surface area contributed by atoms with E-state index in [0.717, 1.165) is 18.7 Å². The average Bonchev–Trinajstić information content (AvgIpc) is 2.48. The Bertz CT molecular complexity index is 495. The van der Waals surface area contributed by atoms with Crippen molar-refractivity contribution in [2.24, 2.45) is 0 Å². The highest BCUT2D eigenvalue weighted by atomic mass is 19.1. The largest absolute Gasteiger partial charge is 0.358 e. The smallest absolute Gasteiger partial charge is 0.238 e. The minimum Gasteiger partial charge on any atom is -0.358 e. The van der Waals surface area contributed by atoms with Crippen molar-refractivity contribution < 1.29 is 13.6 Å². The summed E-state index contributed by atoms with van der Waals surface area (Å²) in [5.41, 5.74) is 0.279. The van der Waals surface area contributed by atoms with Crippen LogP contribution in [0.2, 0.25) is 0 Å². The van der Waals surface area contributed by atoms with Crippen LogP contribution in [-0.4, -0.2) is 43.5 Å². The fraction of sp³-hybridized carbons (Fsp3) is 0.500. The summed E-state index contributed by atoms with van der Waals surface area (Å²) in [5, 5.41) is 5.75. The first-order valence-corrected chi connectivity index (χ1v) is 6.67. The van der Waals surface area contributed by atoms with Gasteiger partial charge in [0.15, 0.2) is 0 Å². The Kier molecular flexibility index (Phi) is 4.67. The molecule has 1 heterocycles. The number of likely N-dealkylation sites (N-methyl/N-ethyl adjacent to an activating group) is 1. The molecule has 1 aromatic carbocycles. The molecule has 2 atom stereocenters. The van der Waals surface area contributed by atoms with Crippen molar-refractivity contribution in [3.63, 3.8) is 0 Å². The molecule has 0 aliphatic carbocycles. The molecule has 2 N–H and O–H groups in total. The van der Waals surface area contributed by atoms with Crippen LogP contribution in [0.4, 0.5) is 8.78 Å². The molecule has 0 spiro atoms. The van der Waals surface area contributed by atoms with Gasteiger partial charge in [-0.25, -0.2) is 8.78 Å². The van der Waals surface area contributed by atoms with Crippen LogP contribution in [0, 0.1) is 11.6 Å². The molecule has 0 bridgehead atoms. The summed E-state index contributed by atoms with van der Waals surface area (Å²) in [6, 6.07) is 2.67. The van der Waals surface area contributed by atoms with Crippen LogP contribution in [0.25, 0.3) is 0 Å². The van der Waals surface area contributed by atoms with Crippen molar-refractivity contribution in [3.05, 3.63) is 35.4 Å². The number of amides is 1. The Balaban J connectivity index is 2.27. The molecule has 4 nitrogen and oxygen atoms in total. The zero-order valence-electron chi connectivity index (χ0n) is 11.6. The first kappa shape index (κ1) is 14.9. The number of hydrogen-bond donors (Lipinski definition) is 2. The van der Waals surface area contributed by atoms with Crippen LogP contribution >= 0.6 is 0 Å². The molecule has 110 valence electrons. The van der Waals surface area contributed by atoms with E-state index >= 15 is 0 Å². The number of nitrogens with one attached hydrogen (secondary N) is 2. The molecule has 1 aromatic rings. The summed E-state index contributed by atoms with van der Waals surface area (Å²) in [4.78, 5) is 13.8. The molecule has 1 saturated heterocycles. The van der Waals surface area contributed by atoms with Crippen molar-refractivity contribution in [1.82, 2.24) is 15.5 Å². The first-order chi connectivity index (χ1) is 9.54. The standard InChI is InChI=1S/C14H19F2N3O/c1-9(11-7-10(15)3-4-12(11)16)19-6-5-18-8-13(19)14(20)17-2/h3-4,7,9,13,18H,5-6,8H2,1-2H3,(H,17,20). The monoisotopic (exact) mass is 283 g/mol. The Labute approximate surface area is 117 Å². The van der Waals surface area contributed by atoms with Gasteiger partial charge in [0.2, 0.25) is 5.91 Å². The quantitative estimate of drug-likeness (QED) is 0.871. The summed E-state index contributed by atoms with van der Waals surface area (Å²) in [6.07, 6.45) is 0. The number of benzene rings is 1. The van der Waals surface area contributed by atoms with Crippen LogP contribution in [0.5, 0.6) is 0 Å². The highest BCUT2D eigenvalue weighted by Crippen LogP contribution is 2.26. The van der Waals surface area contributed by atoms with Gasteiger partial charge < -0.3 is 10.6 Å². The Morgan fingerprint density at radius 1 is 1.50 bits per heavy atom. The molecule has 20 heavy (non-hydrogen) atoms. The molecular formula is C14H19F2N3O. The van der Waals surface area contributed by atoms with E-state index in [1.165, 1.54) is 6.07 Å². The van der Waals surface area contributed by atoms with Gasteiger partial charge in [0.05, 0.1) is 0 Å². The van der Waals surface area contributed by atoms with Gasteiger partial charge in [-0.05, 0) is 25.1 Å². The maximum absolute atomic E-state index is 13.9. The van der Waals surface area contributed by atoms with E-state index < -0.39 is 11.6 Å². The third-order valence-electron chi connectivity index (χ3n) is 3.74. The fourth-order valence-electron chi connectivity index (χ4n) is 2.61. The molecule has 1 fully saturated rings. The summed E-state index contributed by atoms with van der Waals surface area (Å²) in [7, 11) is 1.57. The number of rotatable bonds is 3. The van der Waals surface area contributed by atoms with E-state index in [1.54, 1.807) is 14.0 Å². The Morgan fingerprint density at radius 2 is 2.25 bits per heavy atom. The van der Waals surface area contributed by atoms with E-state index in [1.807, 2.05) is 4.90 Å². The molecule has 0 radical (unpaired) electrons. The number of nitrogens with zero attached hydrogens (tertiary/aromatic N) is 1. The molecule has 1 aliphatic heterocycles. The molecule has 2 unspecified atom stereocenters. The van der Waals surface area contributed by atoms with Crippen molar-refractivity contribution >= 4 is 5.91 Å². The van der Waals surface area contributed by atoms with Crippen LogP contribution in [0.1, 0.15) is 18.5 Å². The second kappa shape index (κ2) is 6.28. The summed E-state index contributed by atoms with van der Waals surface area (Å²) < 4.78 is 27.2. The normalized spacial score (nSPS) is 21.5. The lowest BCUT2D eigenvalue weighted by Crippen LogP contribution is -2.57. The predicted molar refractivity (Wildman–Crippen MR) is 72.2 cm³/mol. The lowest BCUT2D eigenvalue weighted by molar-refractivity contribution is -0.127. The fourth-order valence-corrected chi connectivity index (χ4v) is 2.61. The van der Waals surface area contributed by atoms with Gasteiger partial charge in [0, 0.05) is 38.3 Å². The number of carbonyl (C=O) groups excluding carboxylic acids is 1. The van der Waals surface area contributed by atoms with E-state index in [2.05, 4.69) is 10.6 Å². The van der Waals surface area contributed by atoms with E-state index in [9.17, 15) is 13.6 Å². The predicted octanol–water partition coefficient (Wildman–Crippen LogP) is 1.05. The van der Waals surface area contributed by atoms with E-state index in [-0.39, 0.29) is 23.6 Å². The number of carbonyl (C=O) groups is 1. The van der Waals surface area contributed by atoms with E-state index in [0.29, 0.717) is 13.1 Å². The third-order valence-corrected chi connectivity index (χ3v) is 3.74. The van der Waals surface area contributed by atoms with Gasteiger partial charge in [0.1, 0.15) is 17.7 Å². The van der Waals surface area contributed by atoms with Gasteiger partial charge in [-0.3, -0.25) is 9.69 Å². The highest BCUT2D eigenvalue weighted by molar-refractivity contribution is 5.81. The van der Waals surface area contributed by atoms with E-state index in [4.69, 9.17) is 0 Å². The zero-order chi connectivity index (χ0) is 14.7. The Morgan fingerprint density at radius 3 is 2.95 bits per heavy atom. The molecule has 1 aliphatic rings. The van der Waals surface area contributed by atoms with Gasteiger partial charge >= 0.3 is 0 Å². The maximum Gasteiger partial charge on any atom is 0.238 e. The molecule has 0 saturated carbocycles. The van der Waals surface area contributed by atoms with Gasteiger partial charge in [0.25, 0.3) is 0 Å². The summed E-state index contributed by atoms with van der Waals surface area (Å²) >= 11 is 0. The zero-order valence-corrected chi connectivity index (χ0v) is 11.6. The van der Waals surface area contributed by atoms with Gasteiger partial charge in [-0.1, -0.05) is 0 Å². The lowest BCUT2D eigenvalue weighted by Gasteiger charge is -2.39. The van der Waals surface area contributed by atoms with Crippen molar-refractivity contribution in [2.45, 2.75) is 19.0 Å². The van der Waals surface area contributed by atoms with Crippen molar-refractivity contribution in [2.75, 3.05) is 26.7 Å². The second-order valence-electron chi connectivity index (χ2n) is 4.91. The van der Waals surface area contributed by atoms with Crippen LogP contribution < -0.4 is 10.6 Å². The lowest BCUT2D eigenvalue weighted by atomic mass is 10.0. The maximum atomic E-state index is 13.9. The second-order valence-corrected chi connectivity index (χ2v) is 4.91. The SMILES string of the molecule is CNC(=O)C1CNCCN1C(C)c1cc(F)ccc1F. The van der Waals surface area contributed by atoms with Crippen molar-refractivity contribution in [3.8, 4) is 0 Å². The van der Waals surface area contributed by atoms with Crippen molar-refractivity contribution in [1.29, 1.82) is 0 Å². The topological polar surface area (TPSA) is 44.4 Å². The van der Waals surface area contributed by atoms with Crippen LogP contribution in [0.3, 0.4) is 0 Å². The van der Waals surface area contributed by atoms with Gasteiger partial charge in [-0.2, -0.15) is 0 Å². The number of halogens is 2. The van der Waals surface area contributed by atoms with Gasteiger partial charge in [-0.15, -0.1) is 0 Å². The molecule has 1 amide bonds. The van der Waals surface area contributed by atoms with Crippen LogP contribution in [-0.2, 0) is 4.79 Å². The van der Waals surface area contributed by atoms with Crippen LogP contribution in [0.15, 0.2) is 18.2 Å².